The first-order valence-corrected chi connectivity index (χ1v) is 17.3. The maximum atomic E-state index is 17.6. The van der Waals surface area contributed by atoms with Gasteiger partial charge in [-0.25, -0.2) is 9.18 Å². The molecule has 240 valence electrons. The zero-order chi connectivity index (χ0) is 33.1. The highest BCUT2D eigenvalue weighted by Crippen LogP contribution is 2.70. The summed E-state index contributed by atoms with van der Waals surface area (Å²) < 4.78 is 23.8. The third kappa shape index (κ3) is 4.93. The van der Waals surface area contributed by atoms with E-state index in [1.165, 1.54) is 17.8 Å². The lowest BCUT2D eigenvalue weighted by molar-refractivity contribution is -0.209. The molecule has 11 heteroatoms. The molecule has 0 unspecified atom stereocenters. The number of allylic oxidation sites excluding steroid dienone is 4. The van der Waals surface area contributed by atoms with Crippen LogP contribution in [-0.4, -0.2) is 50.2 Å². The van der Waals surface area contributed by atoms with Gasteiger partial charge in [0.2, 0.25) is 5.12 Å². The van der Waals surface area contributed by atoms with E-state index in [1.54, 1.807) is 62.4 Å². The second-order valence-electron chi connectivity index (χ2n) is 13.0. The molecule has 7 atom stereocenters. The van der Waals surface area contributed by atoms with Crippen LogP contribution in [-0.2, 0) is 14.3 Å². The van der Waals surface area contributed by atoms with Crippen LogP contribution in [0.1, 0.15) is 56.3 Å². The first kappa shape index (κ1) is 32.8. The molecular formula is C35H33ClFNO6S2. The summed E-state index contributed by atoms with van der Waals surface area (Å²) in [5.41, 5.74) is -5.22. The Morgan fingerprint density at radius 2 is 1.87 bits per heavy atom. The fourth-order valence-corrected chi connectivity index (χ4v) is 10.2. The van der Waals surface area contributed by atoms with Gasteiger partial charge in [-0.1, -0.05) is 59.8 Å². The van der Waals surface area contributed by atoms with Gasteiger partial charge in [-0.2, -0.15) is 5.26 Å². The Balaban J connectivity index is 1.31. The lowest BCUT2D eigenvalue weighted by atomic mass is 9.45. The van der Waals surface area contributed by atoms with Gasteiger partial charge in [-0.05, 0) is 87.1 Å². The number of nitriles is 1. The summed E-state index contributed by atoms with van der Waals surface area (Å²) in [4.78, 5) is 41.5. The Bertz CT molecular complexity index is 1720. The number of carbonyl (C=O) groups is 3. The monoisotopic (exact) mass is 681 g/mol. The lowest BCUT2D eigenvalue weighted by Crippen LogP contribution is -2.69. The van der Waals surface area contributed by atoms with Gasteiger partial charge < -0.3 is 14.9 Å². The van der Waals surface area contributed by atoms with E-state index < -0.39 is 51.1 Å². The molecule has 2 N–H and O–H groups in total. The average Bonchev–Trinajstić information content (AvgIpc) is 3.31. The van der Waals surface area contributed by atoms with E-state index in [9.17, 15) is 29.9 Å². The topological polar surface area (TPSA) is 125 Å². The van der Waals surface area contributed by atoms with Crippen LogP contribution in [0.3, 0.4) is 0 Å². The molecule has 0 spiro atoms. The number of benzene rings is 2. The number of halogens is 2. The summed E-state index contributed by atoms with van der Waals surface area (Å²) in [6, 6.07) is 13.5. The highest BCUT2D eigenvalue weighted by molar-refractivity contribution is 8.14. The van der Waals surface area contributed by atoms with E-state index in [0.717, 1.165) is 21.6 Å². The van der Waals surface area contributed by atoms with Crippen molar-refractivity contribution >= 4 is 52.0 Å². The number of thioether (sulfide) groups is 1. The van der Waals surface area contributed by atoms with Gasteiger partial charge in [0.05, 0.1) is 28.5 Å². The average molecular weight is 682 g/mol. The van der Waals surface area contributed by atoms with Crippen molar-refractivity contribution in [1.82, 2.24) is 0 Å². The Kier molecular flexibility index (Phi) is 8.46. The summed E-state index contributed by atoms with van der Waals surface area (Å²) >= 11 is 8.04. The molecule has 7 nitrogen and oxygen atoms in total. The number of aromatic hydroxyl groups is 1. The van der Waals surface area contributed by atoms with Gasteiger partial charge in [0, 0.05) is 33.0 Å². The quantitative estimate of drug-likeness (QED) is 0.240. The molecule has 2 aromatic carbocycles. The van der Waals surface area contributed by atoms with Crippen LogP contribution in [0.5, 0.6) is 5.75 Å². The summed E-state index contributed by atoms with van der Waals surface area (Å²) in [7, 11) is 0. The first-order chi connectivity index (χ1) is 21.8. The van der Waals surface area contributed by atoms with Gasteiger partial charge in [0.1, 0.15) is 5.75 Å². The van der Waals surface area contributed by atoms with E-state index in [1.807, 2.05) is 12.1 Å². The van der Waals surface area contributed by atoms with Crippen molar-refractivity contribution in [2.45, 2.75) is 73.1 Å². The number of phenolic OH excluding ortho intramolecular Hbond substituents is 1. The number of rotatable bonds is 6. The minimum Gasteiger partial charge on any atom is -0.506 e. The molecular weight excluding hydrogens is 649 g/mol. The third-order valence-electron chi connectivity index (χ3n) is 10.8. The van der Waals surface area contributed by atoms with Crippen LogP contribution in [0, 0.1) is 34.0 Å². The third-order valence-corrected chi connectivity index (χ3v) is 13.0. The molecule has 2 saturated carbocycles. The highest BCUT2D eigenvalue weighted by atomic mass is 35.5. The van der Waals surface area contributed by atoms with E-state index >= 15 is 4.39 Å². The SMILES string of the molecule is C[C@]12C=CC(=O)CC1=CC[C@H]1[C@@H]3CC[C@](OC(=O)c4ccc(Sc5ccc(Cl)c(O)c5)cc4)(C(=O)SCC#N)[C@@]3(C)C[C@H](O)[C@@]12F. The zero-order valence-corrected chi connectivity index (χ0v) is 27.7. The van der Waals surface area contributed by atoms with Crippen molar-refractivity contribution in [2.75, 3.05) is 5.75 Å². The maximum Gasteiger partial charge on any atom is 0.339 e. The number of esters is 1. The minimum absolute atomic E-state index is 0.0404. The molecule has 0 heterocycles. The number of nitrogens with zero attached hydrogens (tertiary/aromatic N) is 1. The van der Waals surface area contributed by atoms with Crippen LogP contribution in [0.4, 0.5) is 4.39 Å². The normalized spacial score (nSPS) is 34.5. The first-order valence-electron chi connectivity index (χ1n) is 15.1. The molecule has 6 rings (SSSR count). The molecule has 0 amide bonds. The number of fused-ring (bicyclic) bond motifs is 5. The lowest BCUT2D eigenvalue weighted by Gasteiger charge is -2.62. The summed E-state index contributed by atoms with van der Waals surface area (Å²) in [5.74, 6) is -2.13. The van der Waals surface area contributed by atoms with Crippen molar-refractivity contribution in [3.8, 4) is 11.8 Å². The molecule has 2 aromatic rings. The van der Waals surface area contributed by atoms with Crippen LogP contribution in [0.2, 0.25) is 5.02 Å². The predicted molar refractivity (Wildman–Crippen MR) is 173 cm³/mol. The largest absolute Gasteiger partial charge is 0.506 e. The van der Waals surface area contributed by atoms with Crippen molar-refractivity contribution < 1.29 is 33.7 Å². The molecule has 46 heavy (non-hydrogen) atoms. The molecule has 4 aliphatic rings. The van der Waals surface area contributed by atoms with Gasteiger partial charge >= 0.3 is 5.97 Å². The van der Waals surface area contributed by atoms with E-state index in [-0.39, 0.29) is 53.6 Å². The molecule has 0 radical (unpaired) electrons. The molecule has 0 aromatic heterocycles. The Morgan fingerprint density at radius 1 is 1.15 bits per heavy atom. The van der Waals surface area contributed by atoms with E-state index in [4.69, 9.17) is 16.3 Å². The Labute approximate surface area is 280 Å². The van der Waals surface area contributed by atoms with Crippen LogP contribution in [0.25, 0.3) is 0 Å². The van der Waals surface area contributed by atoms with Gasteiger partial charge in [-0.15, -0.1) is 0 Å². The van der Waals surface area contributed by atoms with Crippen LogP contribution >= 0.6 is 35.1 Å². The van der Waals surface area contributed by atoms with Crippen molar-refractivity contribution in [3.63, 3.8) is 0 Å². The van der Waals surface area contributed by atoms with Crippen molar-refractivity contribution in [1.29, 1.82) is 5.26 Å². The minimum atomic E-state index is -2.09. The number of hydrogen-bond acceptors (Lipinski definition) is 9. The number of ketones is 1. The molecule has 2 fully saturated rings. The second-order valence-corrected chi connectivity index (χ2v) is 15.5. The number of aliphatic hydroxyl groups is 1. The number of carbonyl (C=O) groups excluding carboxylic acids is 3. The molecule has 0 bridgehead atoms. The van der Waals surface area contributed by atoms with E-state index in [2.05, 4.69) is 0 Å². The highest BCUT2D eigenvalue weighted by Gasteiger charge is 2.75. The smallest absolute Gasteiger partial charge is 0.339 e. The number of alkyl halides is 1. The van der Waals surface area contributed by atoms with Gasteiger partial charge in [-0.3, -0.25) is 9.59 Å². The van der Waals surface area contributed by atoms with E-state index in [0.29, 0.717) is 12.0 Å². The number of aliphatic hydroxyl groups excluding tert-OH is 1. The summed E-state index contributed by atoms with van der Waals surface area (Å²) in [6.07, 6.45) is 4.15. The zero-order valence-electron chi connectivity index (χ0n) is 25.3. The standard InChI is InChI=1S/C35H33ClFNO6S2/c1-32-13-11-22(39)17-21(32)5-9-26-25-12-14-34(31(43)45-16-15-38,33(25,2)19-29(41)35(26,32)37)44-30(42)20-3-6-23(7-4-20)46-24-8-10-27(36)28(40)18-24/h3-8,10-11,13,18,25-26,29,40-41H,9,12,14,16-17,19H2,1-2H3/t25-,26-,29-,32-,33-,34-,35-/m0/s1. The number of phenols is 1. The Hall–Kier alpha value is -3.10. The van der Waals surface area contributed by atoms with Crippen LogP contribution in [0.15, 0.2) is 76.1 Å². The predicted octanol–water partition coefficient (Wildman–Crippen LogP) is 7.25. The molecule has 0 aliphatic heterocycles. The summed E-state index contributed by atoms with van der Waals surface area (Å²) in [6.45, 7) is 3.53. The molecule has 4 aliphatic carbocycles. The fourth-order valence-electron chi connectivity index (χ4n) is 8.43. The van der Waals surface area contributed by atoms with Crippen molar-refractivity contribution in [2.24, 2.45) is 22.7 Å². The summed E-state index contributed by atoms with van der Waals surface area (Å²) in [5, 5.41) is 30.7. The fraction of sp³-hybridized carbons (Fsp3) is 0.429. The van der Waals surface area contributed by atoms with Crippen molar-refractivity contribution in [3.05, 3.63) is 76.9 Å². The Morgan fingerprint density at radius 3 is 2.57 bits per heavy atom. The van der Waals surface area contributed by atoms with Gasteiger partial charge in [0.15, 0.2) is 17.1 Å². The maximum absolute atomic E-state index is 17.6. The number of ether oxygens (including phenoxy) is 1. The second kappa shape index (κ2) is 11.9. The molecule has 0 saturated heterocycles. The number of hydrogen-bond donors (Lipinski definition) is 2. The van der Waals surface area contributed by atoms with Gasteiger partial charge in [0.25, 0.3) is 0 Å². The van der Waals surface area contributed by atoms with Crippen LogP contribution < -0.4 is 0 Å².